The zero-order valence-corrected chi connectivity index (χ0v) is 29.1. The topological polar surface area (TPSA) is 152 Å². The summed E-state index contributed by atoms with van der Waals surface area (Å²) in [5, 5.41) is 3.84. The number of benzene rings is 3. The molecular formula is C41H35FN4O7. The van der Waals surface area contributed by atoms with E-state index in [9.17, 15) is 19.2 Å². The number of fused-ring (bicyclic) bond motifs is 8. The minimum atomic E-state index is -1.88. The van der Waals surface area contributed by atoms with Crippen molar-refractivity contribution >= 4 is 28.9 Å². The molecule has 0 bridgehead atoms. The number of rotatable bonds is 6. The Balaban J connectivity index is 1.11. The fourth-order valence-electron chi connectivity index (χ4n) is 8.87. The molecule has 0 radical (unpaired) electrons. The Labute approximate surface area is 302 Å². The number of alkyl carbamates (subject to hydrolysis) is 1. The molecule has 4 aliphatic rings. The smallest absolute Gasteiger partial charge is 0.407 e. The van der Waals surface area contributed by atoms with E-state index in [2.05, 4.69) is 29.6 Å². The van der Waals surface area contributed by atoms with Crippen molar-refractivity contribution in [3.63, 3.8) is 0 Å². The van der Waals surface area contributed by atoms with Gasteiger partial charge in [0.25, 0.3) is 5.56 Å². The third-order valence-electron chi connectivity index (χ3n) is 11.4. The van der Waals surface area contributed by atoms with E-state index in [1.54, 1.807) is 19.9 Å². The summed E-state index contributed by atoms with van der Waals surface area (Å²) in [6.07, 6.45) is 0.363. The first-order valence-electron chi connectivity index (χ1n) is 17.8. The van der Waals surface area contributed by atoms with Crippen LogP contribution in [0.5, 0.6) is 0 Å². The van der Waals surface area contributed by atoms with Crippen LogP contribution in [0.2, 0.25) is 0 Å². The van der Waals surface area contributed by atoms with Crippen LogP contribution in [-0.4, -0.2) is 40.7 Å². The van der Waals surface area contributed by atoms with Crippen LogP contribution < -0.4 is 16.6 Å². The van der Waals surface area contributed by atoms with Gasteiger partial charge in [-0.1, -0.05) is 55.5 Å². The molecule has 3 N–H and O–H groups in total. The minimum Gasteiger partial charge on any atom is -0.457 e. The molecule has 3 aromatic carbocycles. The first-order chi connectivity index (χ1) is 25.6. The molecule has 268 valence electrons. The van der Waals surface area contributed by atoms with Crippen molar-refractivity contribution in [1.82, 2.24) is 14.9 Å². The number of hydrogen-bond donors (Lipinski definition) is 2. The van der Waals surface area contributed by atoms with Crippen LogP contribution in [0.1, 0.15) is 76.2 Å². The molecule has 2 aliphatic carbocycles. The average molecular weight is 715 g/mol. The molecule has 4 heterocycles. The number of carbonyl (C=O) groups is 3. The number of amides is 1. The van der Waals surface area contributed by atoms with Gasteiger partial charge in [-0.15, -0.1) is 0 Å². The number of cyclic esters (lactones) is 1. The summed E-state index contributed by atoms with van der Waals surface area (Å²) >= 11 is 0. The number of nitrogens with two attached hydrogens (primary N) is 1. The van der Waals surface area contributed by atoms with Gasteiger partial charge in [0, 0.05) is 28.5 Å². The molecule has 9 rings (SSSR count). The molecule has 0 spiro atoms. The number of nitrogens with zero attached hydrogens (tertiary/aromatic N) is 2. The molecule has 11 nitrogen and oxygen atoms in total. The monoisotopic (exact) mass is 714 g/mol. The molecule has 2 atom stereocenters. The first-order valence-corrected chi connectivity index (χ1v) is 17.8. The number of carbonyl (C=O) groups excluding carboxylic acids is 3. The third kappa shape index (κ3) is 4.77. The maximum atomic E-state index is 15.4. The van der Waals surface area contributed by atoms with Gasteiger partial charge in [-0.3, -0.25) is 9.59 Å². The van der Waals surface area contributed by atoms with Gasteiger partial charge < -0.3 is 29.8 Å². The highest BCUT2D eigenvalue weighted by molar-refractivity contribution is 5.94. The van der Waals surface area contributed by atoms with Gasteiger partial charge in [0.15, 0.2) is 0 Å². The second-order valence-corrected chi connectivity index (χ2v) is 14.0. The number of halogens is 1. The standard InChI is InChI=1S/C41H35FN4O7/c1-3-41(53-34(47)16-43)29-14-33-37-26(17-46(33)38(48)28(29)19-51-39(41)49)36-31(13-12-21-20(2)30(42)15-32(44-37)35(21)36)45-40(50)52-18-27-24-10-6-4-8-22(24)23-9-5-7-11-25(23)27/h4-11,14-15,27,31H,3,12-13,16-19,43H2,1-2H3,(H,45,50)/t31-,41+/m1/s1. The molecule has 2 aliphatic heterocycles. The van der Waals surface area contributed by atoms with Gasteiger partial charge in [-0.25, -0.2) is 19.0 Å². The van der Waals surface area contributed by atoms with Gasteiger partial charge in [-0.05, 0) is 71.2 Å². The third-order valence-corrected chi connectivity index (χ3v) is 11.4. The molecule has 12 heteroatoms. The van der Waals surface area contributed by atoms with E-state index < -0.39 is 47.6 Å². The summed E-state index contributed by atoms with van der Waals surface area (Å²) in [7, 11) is 0. The van der Waals surface area contributed by atoms with E-state index in [-0.39, 0.29) is 43.2 Å². The number of nitrogens with one attached hydrogen (secondary N) is 1. The molecule has 1 amide bonds. The predicted molar refractivity (Wildman–Crippen MR) is 191 cm³/mol. The summed E-state index contributed by atoms with van der Waals surface area (Å²) < 4.78 is 33.9. The van der Waals surface area contributed by atoms with Crippen molar-refractivity contribution < 1.29 is 33.0 Å². The first kappa shape index (κ1) is 33.0. The summed E-state index contributed by atoms with van der Waals surface area (Å²) in [5.74, 6) is -2.15. The fraction of sp³-hybridized carbons (Fsp3) is 0.293. The highest BCUT2D eigenvalue weighted by Crippen LogP contribution is 2.47. The van der Waals surface area contributed by atoms with E-state index in [1.807, 2.05) is 24.3 Å². The Morgan fingerprint density at radius 1 is 1.06 bits per heavy atom. The maximum Gasteiger partial charge on any atom is 0.407 e. The summed E-state index contributed by atoms with van der Waals surface area (Å²) in [6, 6.07) is 18.7. The molecular weight excluding hydrogens is 679 g/mol. The van der Waals surface area contributed by atoms with Gasteiger partial charge in [-0.2, -0.15) is 0 Å². The molecule has 5 aromatic rings. The molecule has 0 unspecified atom stereocenters. The second kappa shape index (κ2) is 12.1. The Kier molecular flexibility index (Phi) is 7.53. The van der Waals surface area contributed by atoms with Crippen LogP contribution in [-0.2, 0) is 49.0 Å². The van der Waals surface area contributed by atoms with Gasteiger partial charge in [0.2, 0.25) is 5.60 Å². The van der Waals surface area contributed by atoms with Gasteiger partial charge >= 0.3 is 18.0 Å². The lowest BCUT2D eigenvalue weighted by Crippen LogP contribution is -2.48. The van der Waals surface area contributed by atoms with Crippen LogP contribution >= 0.6 is 0 Å². The van der Waals surface area contributed by atoms with Crippen molar-refractivity contribution in [1.29, 1.82) is 0 Å². The Bertz CT molecular complexity index is 2470. The van der Waals surface area contributed by atoms with Crippen molar-refractivity contribution in [3.05, 3.63) is 121 Å². The number of ether oxygens (including phenoxy) is 3. The number of pyridine rings is 2. The van der Waals surface area contributed by atoms with Crippen LogP contribution in [0.3, 0.4) is 0 Å². The molecule has 0 saturated heterocycles. The summed E-state index contributed by atoms with van der Waals surface area (Å²) in [5.41, 5.74) is 12.0. The minimum absolute atomic E-state index is 0.00327. The Hall–Kier alpha value is -5.88. The zero-order valence-electron chi connectivity index (χ0n) is 29.1. The molecule has 0 fully saturated rings. The molecule has 0 saturated carbocycles. The number of aryl methyl sites for hydroxylation is 1. The second-order valence-electron chi connectivity index (χ2n) is 14.0. The highest BCUT2D eigenvalue weighted by Gasteiger charge is 2.50. The van der Waals surface area contributed by atoms with Crippen LogP contribution in [0, 0.1) is 12.7 Å². The lowest BCUT2D eigenvalue weighted by Gasteiger charge is -2.35. The number of aromatic nitrogens is 2. The van der Waals surface area contributed by atoms with E-state index in [0.29, 0.717) is 40.9 Å². The molecule has 53 heavy (non-hydrogen) atoms. The van der Waals surface area contributed by atoms with Crippen molar-refractivity contribution in [3.8, 4) is 22.5 Å². The quantitative estimate of drug-likeness (QED) is 0.167. The van der Waals surface area contributed by atoms with Gasteiger partial charge in [0.05, 0.1) is 41.6 Å². The van der Waals surface area contributed by atoms with Gasteiger partial charge in [0.1, 0.15) is 19.0 Å². The highest BCUT2D eigenvalue weighted by atomic mass is 19.1. The van der Waals surface area contributed by atoms with Crippen LogP contribution in [0.25, 0.3) is 33.4 Å². The van der Waals surface area contributed by atoms with Crippen molar-refractivity contribution in [2.75, 3.05) is 13.2 Å². The number of hydrogen-bond acceptors (Lipinski definition) is 9. The predicted octanol–water partition coefficient (Wildman–Crippen LogP) is 5.56. The number of esters is 2. The van der Waals surface area contributed by atoms with Crippen molar-refractivity contribution in [2.45, 2.75) is 63.8 Å². The lowest BCUT2D eigenvalue weighted by molar-refractivity contribution is -0.188. The Morgan fingerprint density at radius 2 is 1.77 bits per heavy atom. The Morgan fingerprint density at radius 3 is 2.47 bits per heavy atom. The lowest BCUT2D eigenvalue weighted by atomic mass is 9.81. The summed E-state index contributed by atoms with van der Waals surface area (Å²) in [4.78, 5) is 58.5. The SMILES string of the molecule is CC[C@@]1(OC(=O)CN)C(=O)OCc2c1cc1n(c2=O)Cc2c-1nc1cc(F)c(C)c3c1c2[C@H](NC(=O)OCC1c2ccccc2-c2ccccc21)CC3. The van der Waals surface area contributed by atoms with E-state index in [0.717, 1.165) is 38.8 Å². The molecule has 2 aromatic heterocycles. The fourth-order valence-corrected chi connectivity index (χ4v) is 8.87. The van der Waals surface area contributed by atoms with Crippen LogP contribution in [0.4, 0.5) is 9.18 Å². The normalized spacial score (nSPS) is 19.1. The summed E-state index contributed by atoms with van der Waals surface area (Å²) in [6.45, 7) is 2.87. The van der Waals surface area contributed by atoms with E-state index in [4.69, 9.17) is 24.9 Å². The van der Waals surface area contributed by atoms with Crippen LogP contribution in [0.15, 0.2) is 65.5 Å². The maximum absolute atomic E-state index is 15.4. The average Bonchev–Trinajstić information content (AvgIpc) is 3.70. The zero-order chi connectivity index (χ0) is 36.8. The van der Waals surface area contributed by atoms with E-state index in [1.165, 1.54) is 10.6 Å². The van der Waals surface area contributed by atoms with E-state index >= 15 is 4.39 Å². The van der Waals surface area contributed by atoms with Crippen molar-refractivity contribution in [2.24, 2.45) is 5.73 Å². The largest absolute Gasteiger partial charge is 0.457 e.